The van der Waals surface area contributed by atoms with Gasteiger partial charge in [0.25, 0.3) is 5.91 Å². The molecule has 2 rings (SSSR count). The van der Waals surface area contributed by atoms with E-state index in [9.17, 15) is 4.79 Å². The number of aromatic amines is 1. The Morgan fingerprint density at radius 2 is 2.15 bits per heavy atom. The number of carbonyl (C=O) groups is 1. The van der Waals surface area contributed by atoms with Crippen molar-refractivity contribution in [1.82, 2.24) is 15.5 Å². The molecule has 5 heteroatoms. The largest absolute Gasteiger partial charge is 0.346 e. The number of H-pyrrole nitrogens is 1. The summed E-state index contributed by atoms with van der Waals surface area (Å²) in [5, 5.41) is 10.1. The summed E-state index contributed by atoms with van der Waals surface area (Å²) in [6, 6.07) is 1.90. The lowest BCUT2D eigenvalue weighted by molar-refractivity contribution is 0.0910. The van der Waals surface area contributed by atoms with Crippen LogP contribution in [0, 0.1) is 5.92 Å². The molecule has 1 saturated carbocycles. The number of hydrogen-bond acceptors (Lipinski definition) is 3. The van der Waals surface area contributed by atoms with Crippen molar-refractivity contribution >= 4 is 5.91 Å². The maximum absolute atomic E-state index is 12.2. The molecule has 112 valence electrons. The van der Waals surface area contributed by atoms with Gasteiger partial charge in [0.15, 0.2) is 0 Å². The van der Waals surface area contributed by atoms with Crippen LogP contribution in [0.2, 0.25) is 0 Å². The molecular formula is C15H26N4O. The minimum absolute atomic E-state index is 0.0713. The molecule has 1 fully saturated rings. The van der Waals surface area contributed by atoms with Crippen molar-refractivity contribution in [1.29, 1.82) is 0 Å². The molecule has 5 nitrogen and oxygen atoms in total. The highest BCUT2D eigenvalue weighted by atomic mass is 16.2. The standard InChI is InChI=1S/C15H26N4O/c1-10(2)12-8-13(19-18-12)15(20)17-14(9-16)11-6-4-3-5-7-11/h8,10-11,14H,3-7,9,16H2,1-2H3,(H,17,20)(H,18,19). The zero-order chi connectivity index (χ0) is 14.5. The van der Waals surface area contributed by atoms with Gasteiger partial charge < -0.3 is 11.1 Å². The van der Waals surface area contributed by atoms with Gasteiger partial charge in [0.1, 0.15) is 5.69 Å². The second-order valence-corrected chi connectivity index (χ2v) is 6.08. The zero-order valence-corrected chi connectivity index (χ0v) is 12.5. The number of amides is 1. The first-order chi connectivity index (χ1) is 9.61. The second kappa shape index (κ2) is 6.88. The Bertz CT molecular complexity index is 435. The molecule has 1 aromatic heterocycles. The fourth-order valence-electron chi connectivity index (χ4n) is 2.90. The molecule has 0 saturated heterocycles. The number of nitrogens with zero attached hydrogens (tertiary/aromatic N) is 1. The number of nitrogens with two attached hydrogens (primary N) is 1. The van der Waals surface area contributed by atoms with Crippen LogP contribution in [-0.2, 0) is 0 Å². The fraction of sp³-hybridized carbons (Fsp3) is 0.733. The number of hydrogen-bond donors (Lipinski definition) is 3. The Kier molecular flexibility index (Phi) is 5.17. The molecule has 0 radical (unpaired) electrons. The molecule has 0 bridgehead atoms. The number of aromatic nitrogens is 2. The number of nitrogens with one attached hydrogen (secondary N) is 2. The van der Waals surface area contributed by atoms with Crippen LogP contribution >= 0.6 is 0 Å². The Labute approximate surface area is 120 Å². The van der Waals surface area contributed by atoms with Gasteiger partial charge in [0.2, 0.25) is 0 Å². The van der Waals surface area contributed by atoms with Gasteiger partial charge in [-0.1, -0.05) is 33.1 Å². The average molecular weight is 278 g/mol. The quantitative estimate of drug-likeness (QED) is 0.771. The highest BCUT2D eigenvalue weighted by Gasteiger charge is 2.25. The van der Waals surface area contributed by atoms with Crippen molar-refractivity contribution in [2.45, 2.75) is 57.9 Å². The number of carbonyl (C=O) groups excluding carboxylic acids is 1. The van der Waals surface area contributed by atoms with Gasteiger partial charge in [-0.25, -0.2) is 0 Å². The minimum atomic E-state index is -0.117. The topological polar surface area (TPSA) is 83.8 Å². The van der Waals surface area contributed by atoms with Crippen LogP contribution in [-0.4, -0.2) is 28.7 Å². The third kappa shape index (κ3) is 3.60. The molecule has 4 N–H and O–H groups in total. The van der Waals surface area contributed by atoms with Gasteiger partial charge in [-0.3, -0.25) is 9.89 Å². The SMILES string of the molecule is CC(C)c1cc(C(=O)NC(CN)C2CCCCC2)n[nH]1. The first-order valence-electron chi connectivity index (χ1n) is 7.68. The first kappa shape index (κ1) is 15.0. The van der Waals surface area contributed by atoms with Crippen LogP contribution < -0.4 is 11.1 Å². The smallest absolute Gasteiger partial charge is 0.272 e. The minimum Gasteiger partial charge on any atom is -0.346 e. The predicted molar refractivity (Wildman–Crippen MR) is 79.6 cm³/mol. The molecule has 20 heavy (non-hydrogen) atoms. The average Bonchev–Trinajstić information content (AvgIpc) is 2.95. The van der Waals surface area contributed by atoms with Crippen molar-refractivity contribution in [3.63, 3.8) is 0 Å². The molecule has 1 atom stereocenters. The van der Waals surface area contributed by atoms with Gasteiger partial charge in [-0.2, -0.15) is 5.10 Å². The van der Waals surface area contributed by atoms with Crippen LogP contribution in [0.1, 0.15) is 68.1 Å². The number of rotatable bonds is 5. The lowest BCUT2D eigenvalue weighted by atomic mass is 9.84. The first-order valence-corrected chi connectivity index (χ1v) is 7.68. The lowest BCUT2D eigenvalue weighted by Crippen LogP contribution is -2.46. The van der Waals surface area contributed by atoms with Crippen LogP contribution in [0.3, 0.4) is 0 Å². The summed E-state index contributed by atoms with van der Waals surface area (Å²) in [4.78, 5) is 12.2. The summed E-state index contributed by atoms with van der Waals surface area (Å²) in [6.45, 7) is 4.64. The van der Waals surface area contributed by atoms with E-state index in [0.29, 0.717) is 24.1 Å². The van der Waals surface area contributed by atoms with Crippen LogP contribution in [0.5, 0.6) is 0 Å². The molecule has 1 heterocycles. The summed E-state index contributed by atoms with van der Waals surface area (Å²) < 4.78 is 0. The van der Waals surface area contributed by atoms with E-state index in [4.69, 9.17) is 5.73 Å². The van der Waals surface area contributed by atoms with Crippen molar-refractivity contribution < 1.29 is 4.79 Å². The molecule has 1 unspecified atom stereocenters. The predicted octanol–water partition coefficient (Wildman–Crippen LogP) is 2.17. The Hall–Kier alpha value is -1.36. The summed E-state index contributed by atoms with van der Waals surface area (Å²) in [5.41, 5.74) is 7.28. The van der Waals surface area contributed by atoms with Crippen LogP contribution in [0.4, 0.5) is 0 Å². The normalized spacial score (nSPS) is 18.2. The zero-order valence-electron chi connectivity index (χ0n) is 12.5. The van der Waals surface area contributed by atoms with E-state index in [2.05, 4.69) is 29.4 Å². The fourth-order valence-corrected chi connectivity index (χ4v) is 2.90. The van der Waals surface area contributed by atoms with E-state index < -0.39 is 0 Å². The lowest BCUT2D eigenvalue weighted by Gasteiger charge is -2.29. The Morgan fingerprint density at radius 1 is 1.45 bits per heavy atom. The molecular weight excluding hydrogens is 252 g/mol. The van der Waals surface area contributed by atoms with Gasteiger partial charge >= 0.3 is 0 Å². The van der Waals surface area contributed by atoms with Gasteiger partial charge in [-0.05, 0) is 30.7 Å². The summed E-state index contributed by atoms with van der Waals surface area (Å²) >= 11 is 0. The Morgan fingerprint density at radius 3 is 2.70 bits per heavy atom. The molecule has 0 aliphatic heterocycles. The maximum Gasteiger partial charge on any atom is 0.272 e. The van der Waals surface area contributed by atoms with Gasteiger partial charge in [0, 0.05) is 18.3 Å². The summed E-state index contributed by atoms with van der Waals surface area (Å²) in [7, 11) is 0. The highest BCUT2D eigenvalue weighted by molar-refractivity contribution is 5.92. The van der Waals surface area contributed by atoms with E-state index in [1.165, 1.54) is 32.1 Å². The van der Waals surface area contributed by atoms with Gasteiger partial charge in [-0.15, -0.1) is 0 Å². The highest BCUT2D eigenvalue weighted by Crippen LogP contribution is 2.26. The van der Waals surface area contributed by atoms with Crippen LogP contribution in [0.15, 0.2) is 6.07 Å². The molecule has 1 aliphatic rings. The van der Waals surface area contributed by atoms with E-state index in [1.54, 1.807) is 0 Å². The van der Waals surface area contributed by atoms with E-state index in [-0.39, 0.29) is 11.9 Å². The summed E-state index contributed by atoms with van der Waals surface area (Å²) in [5.74, 6) is 0.739. The van der Waals surface area contributed by atoms with Crippen molar-refractivity contribution in [3.05, 3.63) is 17.5 Å². The Balaban J connectivity index is 1.97. The summed E-state index contributed by atoms with van der Waals surface area (Å²) in [6.07, 6.45) is 6.13. The molecule has 1 aliphatic carbocycles. The monoisotopic (exact) mass is 278 g/mol. The van der Waals surface area contributed by atoms with Crippen LogP contribution in [0.25, 0.3) is 0 Å². The molecule has 1 amide bonds. The third-order valence-corrected chi connectivity index (χ3v) is 4.24. The molecule has 0 aromatic carbocycles. The second-order valence-electron chi connectivity index (χ2n) is 6.08. The maximum atomic E-state index is 12.2. The third-order valence-electron chi connectivity index (χ3n) is 4.24. The van der Waals surface area contributed by atoms with Gasteiger partial charge in [0.05, 0.1) is 0 Å². The molecule has 1 aromatic rings. The molecule has 0 spiro atoms. The van der Waals surface area contributed by atoms with Crippen molar-refractivity contribution in [2.24, 2.45) is 11.7 Å². The van der Waals surface area contributed by atoms with E-state index >= 15 is 0 Å². The van der Waals surface area contributed by atoms with Crippen molar-refractivity contribution in [2.75, 3.05) is 6.54 Å². The van der Waals surface area contributed by atoms with Crippen molar-refractivity contribution in [3.8, 4) is 0 Å². The van der Waals surface area contributed by atoms with E-state index in [1.807, 2.05) is 6.07 Å². The van der Waals surface area contributed by atoms with E-state index in [0.717, 1.165) is 5.69 Å².